The van der Waals surface area contributed by atoms with Crippen LogP contribution in [0.1, 0.15) is 41.9 Å². The smallest absolute Gasteiger partial charge is 0.269 e. The lowest BCUT2D eigenvalue weighted by molar-refractivity contribution is -0.384. The van der Waals surface area contributed by atoms with E-state index in [9.17, 15) is 19.7 Å². The minimum atomic E-state index is -0.574. The molecule has 2 aromatic carbocycles. The molecule has 3 aromatic rings. The first-order valence-electron chi connectivity index (χ1n) is 11.1. The Bertz CT molecular complexity index is 1410. The van der Waals surface area contributed by atoms with Gasteiger partial charge in [-0.3, -0.25) is 19.7 Å². The first-order chi connectivity index (χ1) is 17.0. The average molecular weight is 491 g/mol. The molecular formula is C25H22N4O5S. The zero-order chi connectivity index (χ0) is 24.5. The number of para-hydroxylation sites is 1. The number of nitro groups is 1. The van der Waals surface area contributed by atoms with Gasteiger partial charge in [0.15, 0.2) is 10.9 Å². The lowest BCUT2D eigenvalue weighted by atomic mass is 9.76. The molecule has 0 saturated carbocycles. The van der Waals surface area contributed by atoms with Crippen LogP contribution in [0.2, 0.25) is 0 Å². The van der Waals surface area contributed by atoms with Gasteiger partial charge in [-0.15, -0.1) is 0 Å². The van der Waals surface area contributed by atoms with Gasteiger partial charge in [0.05, 0.1) is 23.5 Å². The van der Waals surface area contributed by atoms with E-state index < -0.39 is 10.8 Å². The summed E-state index contributed by atoms with van der Waals surface area (Å²) in [6.07, 6.45) is 1.88. The molecular weight excluding hydrogens is 468 g/mol. The largest absolute Gasteiger partial charge is 0.496 e. The number of Topliss-reactive ketones (excluding diaryl/α,β-unsaturated/α-hetero) is 1. The quantitative estimate of drug-likeness (QED) is 0.223. The molecule has 1 aliphatic heterocycles. The first-order valence-corrected chi connectivity index (χ1v) is 12.1. The number of nitro benzene ring substituents is 1. The van der Waals surface area contributed by atoms with Gasteiger partial charge in [-0.25, -0.2) is 4.98 Å². The Balaban J connectivity index is 1.53. The average Bonchev–Trinajstić information content (AvgIpc) is 2.86. The fourth-order valence-electron chi connectivity index (χ4n) is 4.59. The van der Waals surface area contributed by atoms with Crippen molar-refractivity contribution in [2.45, 2.75) is 36.1 Å². The fraction of sp³-hybridized carbons (Fsp3) is 0.240. The topological polar surface area (TPSA) is 127 Å². The van der Waals surface area contributed by atoms with Crippen LogP contribution in [0.3, 0.4) is 0 Å². The van der Waals surface area contributed by atoms with Crippen LogP contribution in [0.15, 0.2) is 69.8 Å². The van der Waals surface area contributed by atoms with Gasteiger partial charge in [0.1, 0.15) is 11.6 Å². The number of aromatic amines is 1. The summed E-state index contributed by atoms with van der Waals surface area (Å²) in [6.45, 7) is 0. The number of nitrogens with one attached hydrogen (secondary N) is 2. The molecule has 1 aliphatic carbocycles. The van der Waals surface area contributed by atoms with Crippen molar-refractivity contribution in [2.24, 2.45) is 0 Å². The molecule has 0 saturated heterocycles. The third kappa shape index (κ3) is 4.32. The number of thioether (sulfide) groups is 1. The second-order valence-corrected chi connectivity index (χ2v) is 9.28. The van der Waals surface area contributed by atoms with Crippen molar-refractivity contribution in [1.82, 2.24) is 9.97 Å². The SMILES string of the molecule is COc1ccccc1[C@@H]1C2=C(CCCC2=O)Nc2nc(SCc3ccc([N+](=O)[O-])cc3)[nH]c(=O)c21. The highest BCUT2D eigenvalue weighted by atomic mass is 32.2. The highest BCUT2D eigenvalue weighted by Crippen LogP contribution is 2.45. The summed E-state index contributed by atoms with van der Waals surface area (Å²) in [7, 11) is 1.57. The van der Waals surface area contributed by atoms with Crippen molar-refractivity contribution in [1.29, 1.82) is 0 Å². The van der Waals surface area contributed by atoms with E-state index in [4.69, 9.17) is 4.74 Å². The number of hydrogen-bond acceptors (Lipinski definition) is 8. The van der Waals surface area contributed by atoms with E-state index in [0.717, 1.165) is 23.2 Å². The molecule has 0 unspecified atom stereocenters. The van der Waals surface area contributed by atoms with Gasteiger partial charge in [0.25, 0.3) is 11.2 Å². The van der Waals surface area contributed by atoms with E-state index in [-0.39, 0.29) is 17.0 Å². The van der Waals surface area contributed by atoms with Crippen molar-refractivity contribution >= 4 is 29.1 Å². The molecule has 5 rings (SSSR count). The van der Waals surface area contributed by atoms with Gasteiger partial charge >= 0.3 is 0 Å². The van der Waals surface area contributed by atoms with E-state index >= 15 is 0 Å². The Hall–Kier alpha value is -3.92. The summed E-state index contributed by atoms with van der Waals surface area (Å²) in [6, 6.07) is 13.7. The van der Waals surface area contributed by atoms with Crippen LogP contribution in [0.25, 0.3) is 0 Å². The van der Waals surface area contributed by atoms with E-state index in [1.54, 1.807) is 19.2 Å². The number of anilines is 1. The molecule has 0 fully saturated rings. The van der Waals surface area contributed by atoms with Gasteiger partial charge in [-0.1, -0.05) is 42.1 Å². The van der Waals surface area contributed by atoms with E-state index in [1.165, 1.54) is 23.9 Å². The minimum Gasteiger partial charge on any atom is -0.496 e. The maximum Gasteiger partial charge on any atom is 0.269 e. The molecule has 0 bridgehead atoms. The molecule has 9 nitrogen and oxygen atoms in total. The van der Waals surface area contributed by atoms with Crippen molar-refractivity contribution in [3.8, 4) is 5.75 Å². The number of aromatic nitrogens is 2. The monoisotopic (exact) mass is 490 g/mol. The lowest BCUT2D eigenvalue weighted by Gasteiger charge is -2.33. The van der Waals surface area contributed by atoms with E-state index in [2.05, 4.69) is 15.3 Å². The Labute approximate surface area is 204 Å². The van der Waals surface area contributed by atoms with Gasteiger partial charge in [-0.05, 0) is 24.5 Å². The van der Waals surface area contributed by atoms with E-state index in [0.29, 0.717) is 46.5 Å². The molecule has 1 atom stereocenters. The zero-order valence-electron chi connectivity index (χ0n) is 18.9. The van der Waals surface area contributed by atoms with Crippen molar-refractivity contribution in [3.63, 3.8) is 0 Å². The highest BCUT2D eigenvalue weighted by molar-refractivity contribution is 7.98. The van der Waals surface area contributed by atoms with Crippen LogP contribution in [0.4, 0.5) is 11.5 Å². The molecule has 2 aliphatic rings. The predicted octanol–water partition coefficient (Wildman–Crippen LogP) is 4.54. The number of ketones is 1. The summed E-state index contributed by atoms with van der Waals surface area (Å²) in [5.41, 5.74) is 3.11. The minimum absolute atomic E-state index is 0.0244. The normalized spacial score (nSPS) is 16.8. The summed E-state index contributed by atoms with van der Waals surface area (Å²) in [4.78, 5) is 44.4. The van der Waals surface area contributed by atoms with Crippen molar-refractivity contribution < 1.29 is 14.5 Å². The number of allylic oxidation sites excluding steroid dienone is 2. The number of carbonyl (C=O) groups is 1. The van der Waals surface area contributed by atoms with Crippen LogP contribution in [-0.4, -0.2) is 27.8 Å². The van der Waals surface area contributed by atoms with Gasteiger partial charge in [0.2, 0.25) is 0 Å². The second-order valence-electron chi connectivity index (χ2n) is 8.31. The summed E-state index contributed by atoms with van der Waals surface area (Å²) < 4.78 is 5.57. The standard InChI is InChI=1S/C25H22N4O5S/c1-34-19-8-3-2-5-16(19)20-21-17(6-4-7-18(21)30)26-23-22(20)24(31)28-25(27-23)35-13-14-9-11-15(12-10-14)29(32)33/h2-3,5,8-12,20H,4,6-7,13H2,1H3,(H2,26,27,28,31)/t20-/m1/s1. The number of benzene rings is 2. The predicted molar refractivity (Wildman–Crippen MR) is 132 cm³/mol. The van der Waals surface area contributed by atoms with Crippen LogP contribution in [-0.2, 0) is 10.5 Å². The molecule has 2 heterocycles. The number of rotatable bonds is 6. The third-order valence-electron chi connectivity index (χ3n) is 6.21. The molecule has 10 heteroatoms. The fourth-order valence-corrected chi connectivity index (χ4v) is 5.41. The lowest BCUT2D eigenvalue weighted by Crippen LogP contribution is -2.32. The molecule has 35 heavy (non-hydrogen) atoms. The molecule has 0 radical (unpaired) electrons. The number of carbonyl (C=O) groups excluding carboxylic acids is 1. The molecule has 178 valence electrons. The Kier molecular flexibility index (Phi) is 6.12. The van der Waals surface area contributed by atoms with Crippen molar-refractivity contribution in [2.75, 3.05) is 12.4 Å². The maximum atomic E-state index is 13.4. The highest BCUT2D eigenvalue weighted by Gasteiger charge is 2.39. The van der Waals surface area contributed by atoms with Crippen LogP contribution in [0, 0.1) is 10.1 Å². The number of fused-ring (bicyclic) bond motifs is 1. The Morgan fingerprint density at radius 2 is 1.91 bits per heavy atom. The molecule has 0 spiro atoms. The third-order valence-corrected chi connectivity index (χ3v) is 7.15. The molecule has 0 amide bonds. The van der Waals surface area contributed by atoms with Crippen molar-refractivity contribution in [3.05, 3.63) is 97.0 Å². The van der Waals surface area contributed by atoms with Crippen LogP contribution < -0.4 is 15.6 Å². The summed E-state index contributed by atoms with van der Waals surface area (Å²) in [5, 5.41) is 14.6. The van der Waals surface area contributed by atoms with Gasteiger partial charge in [-0.2, -0.15) is 0 Å². The van der Waals surface area contributed by atoms with Gasteiger partial charge in [0, 0.05) is 41.1 Å². The second kappa shape index (κ2) is 9.38. The number of nitrogens with zero attached hydrogens (tertiary/aromatic N) is 2. The summed E-state index contributed by atoms with van der Waals surface area (Å²) >= 11 is 1.33. The maximum absolute atomic E-state index is 13.4. The molecule has 1 aromatic heterocycles. The van der Waals surface area contributed by atoms with Gasteiger partial charge < -0.3 is 15.0 Å². The molecule has 2 N–H and O–H groups in total. The number of non-ortho nitro benzene ring substituents is 1. The van der Waals surface area contributed by atoms with E-state index in [1.807, 2.05) is 24.3 Å². The number of H-pyrrole nitrogens is 1. The Morgan fingerprint density at radius 1 is 1.14 bits per heavy atom. The number of methoxy groups -OCH3 is 1. The first kappa shape index (κ1) is 22.9. The van der Waals surface area contributed by atoms with Crippen LogP contribution >= 0.6 is 11.8 Å². The zero-order valence-corrected chi connectivity index (χ0v) is 19.7. The number of ether oxygens (including phenoxy) is 1. The van der Waals surface area contributed by atoms with Crippen LogP contribution in [0.5, 0.6) is 5.75 Å². The number of hydrogen-bond donors (Lipinski definition) is 2. The summed E-state index contributed by atoms with van der Waals surface area (Å²) in [5.74, 6) is 0.963. The Morgan fingerprint density at radius 3 is 2.66 bits per heavy atom.